The third kappa shape index (κ3) is 2.41. The number of nitrogens with zero attached hydrogens (tertiary/aromatic N) is 3. The van der Waals surface area contributed by atoms with Crippen molar-refractivity contribution in [2.24, 2.45) is 5.92 Å². The highest BCUT2D eigenvalue weighted by atomic mass is 79.9. The van der Waals surface area contributed by atoms with E-state index >= 15 is 0 Å². The third-order valence-corrected chi connectivity index (χ3v) is 3.87. The zero-order valence-electron chi connectivity index (χ0n) is 10.9. The Hall–Kier alpha value is -1.88. The summed E-state index contributed by atoms with van der Waals surface area (Å²) in [7, 11) is 0. The van der Waals surface area contributed by atoms with Gasteiger partial charge >= 0.3 is 0 Å². The number of rotatable bonds is 3. The first-order valence-corrected chi connectivity index (χ1v) is 7.20. The molecule has 3 rings (SSSR count). The van der Waals surface area contributed by atoms with Crippen molar-refractivity contribution in [1.82, 2.24) is 9.78 Å². The summed E-state index contributed by atoms with van der Waals surface area (Å²) in [5.74, 6) is 0.411. The highest BCUT2D eigenvalue weighted by Crippen LogP contribution is 2.26. The van der Waals surface area contributed by atoms with Gasteiger partial charge in [-0.25, -0.2) is 4.68 Å². The molecule has 1 amide bonds. The molecule has 1 aliphatic rings. The maximum absolute atomic E-state index is 12.0. The van der Waals surface area contributed by atoms with E-state index in [1.54, 1.807) is 10.9 Å². The van der Waals surface area contributed by atoms with Gasteiger partial charge in [-0.15, -0.1) is 6.58 Å². The van der Waals surface area contributed by atoms with Crippen LogP contribution in [0.4, 0.5) is 5.69 Å². The molecule has 0 bridgehead atoms. The molecule has 102 valence electrons. The Labute approximate surface area is 125 Å². The summed E-state index contributed by atoms with van der Waals surface area (Å²) in [4.78, 5) is 13.8. The van der Waals surface area contributed by atoms with Gasteiger partial charge in [0.25, 0.3) is 0 Å². The summed E-state index contributed by atoms with van der Waals surface area (Å²) in [6.07, 6.45) is 6.04. The molecule has 0 N–H and O–H groups in total. The van der Waals surface area contributed by atoms with Crippen LogP contribution in [-0.2, 0) is 4.79 Å². The lowest BCUT2D eigenvalue weighted by molar-refractivity contribution is -0.117. The van der Waals surface area contributed by atoms with Crippen LogP contribution < -0.4 is 4.90 Å². The van der Waals surface area contributed by atoms with Gasteiger partial charge < -0.3 is 4.90 Å². The van der Waals surface area contributed by atoms with Gasteiger partial charge in [-0.1, -0.05) is 6.08 Å². The molecular formula is C15H14BrN3O. The minimum atomic E-state index is 0.157. The largest absolute Gasteiger partial charge is 0.312 e. The number of hydrogen-bond acceptors (Lipinski definition) is 2. The van der Waals surface area contributed by atoms with Crippen LogP contribution in [0, 0.1) is 5.92 Å². The summed E-state index contributed by atoms with van der Waals surface area (Å²) in [6.45, 7) is 4.48. The molecular weight excluding hydrogens is 318 g/mol. The van der Waals surface area contributed by atoms with Crippen LogP contribution in [0.25, 0.3) is 5.69 Å². The van der Waals surface area contributed by atoms with E-state index in [9.17, 15) is 4.79 Å². The Bertz CT molecular complexity index is 647. The number of aromatic nitrogens is 2. The normalized spacial score (nSPS) is 18.6. The van der Waals surface area contributed by atoms with Gasteiger partial charge in [0.15, 0.2) is 0 Å². The number of carbonyl (C=O) groups excluding carboxylic acids is 1. The zero-order valence-corrected chi connectivity index (χ0v) is 12.5. The minimum absolute atomic E-state index is 0.157. The Balaban J connectivity index is 1.83. The van der Waals surface area contributed by atoms with Crippen LogP contribution in [0.5, 0.6) is 0 Å². The van der Waals surface area contributed by atoms with Crippen molar-refractivity contribution in [3.05, 3.63) is 53.8 Å². The highest BCUT2D eigenvalue weighted by Gasteiger charge is 2.28. The van der Waals surface area contributed by atoms with Crippen molar-refractivity contribution in [2.45, 2.75) is 6.42 Å². The first kappa shape index (κ1) is 13.1. The zero-order chi connectivity index (χ0) is 14.1. The predicted molar refractivity (Wildman–Crippen MR) is 81.9 cm³/mol. The molecule has 1 fully saturated rings. The van der Waals surface area contributed by atoms with Crippen LogP contribution >= 0.6 is 15.9 Å². The van der Waals surface area contributed by atoms with Gasteiger partial charge in [0, 0.05) is 30.8 Å². The van der Waals surface area contributed by atoms with Crippen molar-refractivity contribution in [2.75, 3.05) is 11.4 Å². The molecule has 20 heavy (non-hydrogen) atoms. The molecule has 0 spiro atoms. The van der Waals surface area contributed by atoms with Crippen LogP contribution in [0.1, 0.15) is 6.42 Å². The van der Waals surface area contributed by atoms with E-state index in [2.05, 4.69) is 27.6 Å². The number of halogens is 1. The first-order chi connectivity index (χ1) is 9.67. The van der Waals surface area contributed by atoms with Crippen molar-refractivity contribution in [3.63, 3.8) is 0 Å². The standard InChI is InChI=1S/C15H14BrN3O/c1-2-11-7-15(20)18(9-11)13-3-5-14(6-4-13)19-10-12(16)8-17-19/h2-6,8,10-11H,1,7,9H2. The quantitative estimate of drug-likeness (QED) is 0.810. The minimum Gasteiger partial charge on any atom is -0.312 e. The smallest absolute Gasteiger partial charge is 0.227 e. The van der Waals surface area contributed by atoms with Crippen molar-refractivity contribution in [3.8, 4) is 5.69 Å². The Morgan fingerprint density at radius 3 is 2.55 bits per heavy atom. The van der Waals surface area contributed by atoms with Crippen LogP contribution in [-0.4, -0.2) is 22.2 Å². The number of anilines is 1. The lowest BCUT2D eigenvalue weighted by Gasteiger charge is -2.16. The van der Waals surface area contributed by atoms with Crippen LogP contribution in [0.2, 0.25) is 0 Å². The fraction of sp³-hybridized carbons (Fsp3) is 0.200. The van der Waals surface area contributed by atoms with Gasteiger partial charge in [0.2, 0.25) is 5.91 Å². The van der Waals surface area contributed by atoms with E-state index < -0.39 is 0 Å². The molecule has 5 heteroatoms. The van der Waals surface area contributed by atoms with E-state index in [0.717, 1.165) is 22.4 Å². The van der Waals surface area contributed by atoms with E-state index in [4.69, 9.17) is 0 Å². The van der Waals surface area contributed by atoms with E-state index in [1.165, 1.54) is 0 Å². The Morgan fingerprint density at radius 2 is 2.00 bits per heavy atom. The maximum Gasteiger partial charge on any atom is 0.227 e. The molecule has 1 aliphatic heterocycles. The topological polar surface area (TPSA) is 38.1 Å². The SMILES string of the molecule is C=CC1CC(=O)N(c2ccc(-n3cc(Br)cn3)cc2)C1. The predicted octanol–water partition coefficient (Wildman–Crippen LogP) is 3.17. The van der Waals surface area contributed by atoms with Gasteiger partial charge in [0.1, 0.15) is 0 Å². The Kier molecular flexibility index (Phi) is 3.44. The molecule has 2 heterocycles. The van der Waals surface area contributed by atoms with Crippen LogP contribution in [0.3, 0.4) is 0 Å². The fourth-order valence-corrected chi connectivity index (χ4v) is 2.66. The molecule has 1 atom stereocenters. The maximum atomic E-state index is 12.0. The second-order valence-electron chi connectivity index (χ2n) is 4.82. The number of benzene rings is 1. The summed E-state index contributed by atoms with van der Waals surface area (Å²) in [5.41, 5.74) is 1.89. The van der Waals surface area contributed by atoms with Crippen molar-refractivity contribution < 1.29 is 4.79 Å². The second kappa shape index (κ2) is 5.25. The van der Waals surface area contributed by atoms with E-state index in [1.807, 2.05) is 41.4 Å². The van der Waals surface area contributed by atoms with Gasteiger partial charge in [-0.3, -0.25) is 4.79 Å². The average molecular weight is 332 g/mol. The average Bonchev–Trinajstić information content (AvgIpc) is 3.05. The van der Waals surface area contributed by atoms with E-state index in [0.29, 0.717) is 6.42 Å². The monoisotopic (exact) mass is 331 g/mol. The second-order valence-corrected chi connectivity index (χ2v) is 5.74. The van der Waals surface area contributed by atoms with E-state index in [-0.39, 0.29) is 11.8 Å². The first-order valence-electron chi connectivity index (χ1n) is 6.41. The van der Waals surface area contributed by atoms with Crippen molar-refractivity contribution in [1.29, 1.82) is 0 Å². The van der Waals surface area contributed by atoms with Gasteiger partial charge in [-0.05, 0) is 40.2 Å². The molecule has 4 nitrogen and oxygen atoms in total. The molecule has 0 saturated carbocycles. The summed E-state index contributed by atoms with van der Waals surface area (Å²) in [5, 5.41) is 4.23. The summed E-state index contributed by atoms with van der Waals surface area (Å²) >= 11 is 3.37. The number of amides is 1. The van der Waals surface area contributed by atoms with Crippen molar-refractivity contribution >= 4 is 27.5 Å². The molecule has 1 unspecified atom stereocenters. The third-order valence-electron chi connectivity index (χ3n) is 3.47. The lowest BCUT2D eigenvalue weighted by Crippen LogP contribution is -2.24. The summed E-state index contributed by atoms with van der Waals surface area (Å²) in [6, 6.07) is 7.83. The Morgan fingerprint density at radius 1 is 1.30 bits per heavy atom. The lowest BCUT2D eigenvalue weighted by atomic mass is 10.1. The molecule has 1 aromatic heterocycles. The highest BCUT2D eigenvalue weighted by molar-refractivity contribution is 9.10. The molecule has 1 aromatic carbocycles. The molecule has 2 aromatic rings. The van der Waals surface area contributed by atoms with Crippen LogP contribution in [0.15, 0.2) is 53.8 Å². The number of carbonyl (C=O) groups is 1. The fourth-order valence-electron chi connectivity index (χ4n) is 2.37. The van der Waals surface area contributed by atoms with Gasteiger partial charge in [-0.2, -0.15) is 5.10 Å². The molecule has 0 aliphatic carbocycles. The molecule has 1 saturated heterocycles. The summed E-state index contributed by atoms with van der Waals surface area (Å²) < 4.78 is 2.72. The number of hydrogen-bond donors (Lipinski definition) is 0. The molecule has 0 radical (unpaired) electrons. The van der Waals surface area contributed by atoms with Gasteiger partial charge in [0.05, 0.1) is 16.4 Å².